The molecule has 0 saturated heterocycles. The fraction of sp³-hybridized carbons (Fsp3) is 0.556. The Kier molecular flexibility index (Phi) is 5.15. The molecule has 0 aromatic rings. The van der Waals surface area contributed by atoms with E-state index in [1.165, 1.54) is 13.8 Å². The first-order valence-corrected chi connectivity index (χ1v) is 6.12. The lowest BCUT2D eigenvalue weighted by Crippen LogP contribution is -2.51. The van der Waals surface area contributed by atoms with Crippen LogP contribution in [0.15, 0.2) is 12.3 Å². The third-order valence-corrected chi connectivity index (χ3v) is 4.12. The van der Waals surface area contributed by atoms with Crippen LogP contribution in [0.5, 0.6) is 0 Å². The lowest BCUT2D eigenvalue weighted by molar-refractivity contribution is -0.136. The highest BCUT2D eigenvalue weighted by molar-refractivity contribution is 6.44. The molecule has 4 nitrogen and oxygen atoms in total. The van der Waals surface area contributed by atoms with E-state index >= 15 is 0 Å². The van der Waals surface area contributed by atoms with E-state index in [1.54, 1.807) is 23.9 Å². The Morgan fingerprint density at radius 1 is 1.21 bits per heavy atom. The van der Waals surface area contributed by atoms with Gasteiger partial charge in [0, 0.05) is 27.9 Å². The molecular weight excluding hydrogens is 196 g/mol. The predicted molar refractivity (Wildman–Crippen MR) is 59.4 cm³/mol. The smallest absolute Gasteiger partial charge is 0.220 e. The maximum absolute atomic E-state index is 11.2. The molecule has 0 rings (SSSR count). The zero-order chi connectivity index (χ0) is 11.3. The second-order valence-corrected chi connectivity index (χ2v) is 5.04. The van der Waals surface area contributed by atoms with Crippen molar-refractivity contribution in [1.29, 1.82) is 0 Å². The molecule has 0 fully saturated rings. The predicted octanol–water partition coefficient (Wildman–Crippen LogP) is -0.461. The summed E-state index contributed by atoms with van der Waals surface area (Å²) in [7, 11) is 2.75. The highest BCUT2D eigenvalue weighted by atomic mass is 28.2. The summed E-state index contributed by atoms with van der Waals surface area (Å²) in [5, 5.41) is 0. The molecule has 0 aliphatic heterocycles. The molecule has 0 aromatic heterocycles. The maximum atomic E-state index is 11.2. The average Bonchev–Trinajstić information content (AvgIpc) is 2.11. The summed E-state index contributed by atoms with van der Waals surface area (Å²) in [6, 6.07) is 0. The molecule has 0 atom stereocenters. The van der Waals surface area contributed by atoms with Crippen molar-refractivity contribution >= 4 is 21.3 Å². The van der Waals surface area contributed by atoms with Gasteiger partial charge < -0.3 is 9.80 Å². The van der Waals surface area contributed by atoms with Crippen molar-refractivity contribution in [3.63, 3.8) is 0 Å². The molecule has 0 unspecified atom stereocenters. The normalized spacial score (nSPS) is 10.6. The van der Waals surface area contributed by atoms with Crippen molar-refractivity contribution < 1.29 is 9.59 Å². The minimum atomic E-state index is -0.671. The van der Waals surface area contributed by atoms with Gasteiger partial charge in [-0.2, -0.15) is 0 Å². The Labute approximate surface area is 87.4 Å². The third kappa shape index (κ3) is 3.33. The van der Waals surface area contributed by atoms with E-state index in [4.69, 9.17) is 0 Å². The molecule has 0 aromatic carbocycles. The molecule has 80 valence electrons. The Balaban J connectivity index is 4.65. The number of carbonyl (C=O) groups is 2. The van der Waals surface area contributed by atoms with Gasteiger partial charge in [-0.1, -0.05) is 0 Å². The topological polar surface area (TPSA) is 40.6 Å². The zero-order valence-corrected chi connectivity index (χ0v) is 10.7. The van der Waals surface area contributed by atoms with E-state index in [0.29, 0.717) is 0 Å². The van der Waals surface area contributed by atoms with Crippen molar-refractivity contribution in [2.75, 3.05) is 14.1 Å². The first kappa shape index (κ1) is 12.9. The molecular formula is C9H18N2O2Si. The number of hydrogen-bond acceptors (Lipinski definition) is 2. The summed E-state index contributed by atoms with van der Waals surface area (Å²) in [4.78, 5) is 25.5. The van der Waals surface area contributed by atoms with E-state index in [2.05, 4.69) is 6.58 Å². The zero-order valence-electron chi connectivity index (χ0n) is 9.28. The van der Waals surface area contributed by atoms with Crippen LogP contribution in [-0.2, 0) is 9.59 Å². The number of hydrogen-bond donors (Lipinski definition) is 0. The average molecular weight is 214 g/mol. The molecule has 0 saturated carbocycles. The van der Waals surface area contributed by atoms with Crippen LogP contribution in [0.25, 0.3) is 0 Å². The van der Waals surface area contributed by atoms with Gasteiger partial charge in [0.2, 0.25) is 11.8 Å². The van der Waals surface area contributed by atoms with E-state index in [0.717, 1.165) is 0 Å². The standard InChI is InChI=1S/C9H18N2O2Si/c1-6-14-9(10(4)7(2)12)11(5)8(3)13/h6,9H,1,14H2,2-5H3. The minimum absolute atomic E-state index is 0.0301. The van der Waals surface area contributed by atoms with Crippen LogP contribution in [0.2, 0.25) is 0 Å². The quantitative estimate of drug-likeness (QED) is 0.469. The van der Waals surface area contributed by atoms with Crippen molar-refractivity contribution in [3.05, 3.63) is 12.3 Å². The number of carbonyl (C=O) groups excluding carboxylic acids is 2. The molecule has 0 spiro atoms. The van der Waals surface area contributed by atoms with Gasteiger partial charge in [0.1, 0.15) is 0 Å². The van der Waals surface area contributed by atoms with E-state index < -0.39 is 9.52 Å². The Bertz CT molecular complexity index is 223. The third-order valence-electron chi connectivity index (χ3n) is 2.27. The van der Waals surface area contributed by atoms with Gasteiger partial charge in [-0.3, -0.25) is 9.59 Å². The fourth-order valence-corrected chi connectivity index (χ4v) is 2.59. The van der Waals surface area contributed by atoms with Crippen LogP contribution in [0.4, 0.5) is 0 Å². The summed E-state index contributed by atoms with van der Waals surface area (Å²) >= 11 is 0. The highest BCUT2D eigenvalue weighted by Crippen LogP contribution is 2.02. The first-order chi connectivity index (χ1) is 6.41. The van der Waals surface area contributed by atoms with Gasteiger partial charge >= 0.3 is 0 Å². The molecule has 5 heteroatoms. The molecule has 0 heterocycles. The number of amides is 2. The summed E-state index contributed by atoms with van der Waals surface area (Å²) in [5.41, 5.74) is 1.84. The molecule has 2 amide bonds. The highest BCUT2D eigenvalue weighted by Gasteiger charge is 2.21. The summed E-state index contributed by atoms with van der Waals surface area (Å²) in [5.74, 6) is -0.155. The van der Waals surface area contributed by atoms with Gasteiger partial charge in [-0.25, -0.2) is 0 Å². The molecule has 0 aliphatic carbocycles. The SMILES string of the molecule is C=C[SiH2]C(N(C)C(C)=O)N(C)C(C)=O. The van der Waals surface area contributed by atoms with Crippen molar-refractivity contribution in [2.45, 2.75) is 19.6 Å². The summed E-state index contributed by atoms with van der Waals surface area (Å²) in [6.07, 6.45) is 0. The van der Waals surface area contributed by atoms with Gasteiger partial charge in [0.25, 0.3) is 0 Å². The van der Waals surface area contributed by atoms with Crippen LogP contribution in [-0.4, -0.2) is 51.0 Å². The van der Waals surface area contributed by atoms with Gasteiger partial charge in [-0.15, -0.1) is 12.3 Å². The second-order valence-electron chi connectivity index (χ2n) is 3.26. The summed E-state index contributed by atoms with van der Waals surface area (Å²) in [6.45, 7) is 6.67. The molecule has 0 radical (unpaired) electrons. The van der Waals surface area contributed by atoms with Gasteiger partial charge in [0.05, 0.1) is 15.3 Å². The lowest BCUT2D eigenvalue weighted by Gasteiger charge is -2.33. The van der Waals surface area contributed by atoms with E-state index in [9.17, 15) is 9.59 Å². The minimum Gasteiger partial charge on any atom is -0.329 e. The molecule has 14 heavy (non-hydrogen) atoms. The molecule has 0 bridgehead atoms. The van der Waals surface area contributed by atoms with Crippen LogP contribution >= 0.6 is 0 Å². The second kappa shape index (κ2) is 5.59. The van der Waals surface area contributed by atoms with Gasteiger partial charge in [0.15, 0.2) is 0 Å². The molecule has 0 N–H and O–H groups in total. The maximum Gasteiger partial charge on any atom is 0.220 e. The van der Waals surface area contributed by atoms with Crippen LogP contribution in [0, 0.1) is 0 Å². The van der Waals surface area contributed by atoms with Crippen LogP contribution < -0.4 is 0 Å². The van der Waals surface area contributed by atoms with Crippen molar-refractivity contribution in [1.82, 2.24) is 9.80 Å². The largest absolute Gasteiger partial charge is 0.329 e. The fourth-order valence-electron chi connectivity index (χ4n) is 1.14. The lowest BCUT2D eigenvalue weighted by atomic mass is 10.5. The van der Waals surface area contributed by atoms with Crippen LogP contribution in [0.3, 0.4) is 0 Å². The molecule has 0 aliphatic rings. The summed E-state index contributed by atoms with van der Waals surface area (Å²) < 4.78 is 0. The van der Waals surface area contributed by atoms with Crippen molar-refractivity contribution in [2.24, 2.45) is 0 Å². The monoisotopic (exact) mass is 214 g/mol. The first-order valence-electron chi connectivity index (χ1n) is 4.49. The van der Waals surface area contributed by atoms with Gasteiger partial charge in [-0.05, 0) is 0 Å². The van der Waals surface area contributed by atoms with E-state index in [1.807, 2.05) is 5.70 Å². The number of nitrogens with zero attached hydrogens (tertiary/aromatic N) is 2. The Morgan fingerprint density at radius 2 is 1.57 bits per heavy atom. The number of rotatable bonds is 4. The van der Waals surface area contributed by atoms with Crippen molar-refractivity contribution in [3.8, 4) is 0 Å². The van der Waals surface area contributed by atoms with Crippen LogP contribution in [0.1, 0.15) is 13.8 Å². The Morgan fingerprint density at radius 3 is 1.79 bits per heavy atom. The Hall–Kier alpha value is -1.10. The van der Waals surface area contributed by atoms with E-state index in [-0.39, 0.29) is 17.6 Å².